The number of methoxy groups -OCH3 is 1. The SMILES string of the molecule is COCCC(=O)Nc1ccc2c(c1)CN(Cc1ccccc1OC1CCCC1)CC2. The minimum atomic E-state index is -0.0116. The van der Waals surface area contributed by atoms with Gasteiger partial charge in [-0.2, -0.15) is 0 Å². The summed E-state index contributed by atoms with van der Waals surface area (Å²) in [5.41, 5.74) is 4.79. The average molecular weight is 409 g/mol. The number of amides is 1. The van der Waals surface area contributed by atoms with Gasteiger partial charge in [-0.25, -0.2) is 0 Å². The number of hydrogen-bond donors (Lipinski definition) is 1. The van der Waals surface area contributed by atoms with E-state index in [1.54, 1.807) is 7.11 Å². The summed E-state index contributed by atoms with van der Waals surface area (Å²) in [5, 5.41) is 2.98. The molecule has 0 spiro atoms. The number of nitrogens with zero attached hydrogens (tertiary/aromatic N) is 1. The van der Waals surface area contributed by atoms with Gasteiger partial charge in [-0.3, -0.25) is 9.69 Å². The Kier molecular flexibility index (Phi) is 7.03. The van der Waals surface area contributed by atoms with Crippen LogP contribution in [0.25, 0.3) is 0 Å². The van der Waals surface area contributed by atoms with Crippen LogP contribution < -0.4 is 10.1 Å². The minimum Gasteiger partial charge on any atom is -0.490 e. The van der Waals surface area contributed by atoms with Gasteiger partial charge < -0.3 is 14.8 Å². The van der Waals surface area contributed by atoms with Crippen molar-refractivity contribution in [1.29, 1.82) is 0 Å². The van der Waals surface area contributed by atoms with E-state index in [2.05, 4.69) is 46.6 Å². The summed E-state index contributed by atoms with van der Waals surface area (Å²) < 4.78 is 11.3. The van der Waals surface area contributed by atoms with Gasteiger partial charge in [0.05, 0.1) is 19.1 Å². The van der Waals surface area contributed by atoms with Crippen molar-refractivity contribution < 1.29 is 14.3 Å². The number of hydrogen-bond acceptors (Lipinski definition) is 4. The van der Waals surface area contributed by atoms with Gasteiger partial charge in [0.2, 0.25) is 5.91 Å². The van der Waals surface area contributed by atoms with Gasteiger partial charge in [0, 0.05) is 38.0 Å². The monoisotopic (exact) mass is 408 g/mol. The third-order valence-corrected chi connectivity index (χ3v) is 6.08. The third-order valence-electron chi connectivity index (χ3n) is 6.08. The van der Waals surface area contributed by atoms with Crippen LogP contribution in [0.15, 0.2) is 42.5 Å². The maximum Gasteiger partial charge on any atom is 0.226 e. The highest BCUT2D eigenvalue weighted by Gasteiger charge is 2.21. The quantitative estimate of drug-likeness (QED) is 0.697. The highest BCUT2D eigenvalue weighted by atomic mass is 16.5. The second-order valence-corrected chi connectivity index (χ2v) is 8.37. The maximum absolute atomic E-state index is 12.0. The van der Waals surface area contributed by atoms with Crippen LogP contribution in [-0.2, 0) is 29.0 Å². The molecule has 2 aromatic carbocycles. The van der Waals surface area contributed by atoms with Gasteiger partial charge in [0.1, 0.15) is 5.75 Å². The lowest BCUT2D eigenvalue weighted by atomic mass is 9.98. The smallest absolute Gasteiger partial charge is 0.226 e. The van der Waals surface area contributed by atoms with Gasteiger partial charge in [-0.05, 0) is 61.4 Å². The second kappa shape index (κ2) is 10.1. The van der Waals surface area contributed by atoms with Crippen molar-refractivity contribution in [3.63, 3.8) is 0 Å². The fourth-order valence-corrected chi connectivity index (χ4v) is 4.42. The molecule has 5 nitrogen and oxygen atoms in total. The first kappa shape index (κ1) is 20.9. The number of fused-ring (bicyclic) bond motifs is 1. The summed E-state index contributed by atoms with van der Waals surface area (Å²) in [6.07, 6.45) is 6.67. The lowest BCUT2D eigenvalue weighted by Crippen LogP contribution is -2.30. The summed E-state index contributed by atoms with van der Waals surface area (Å²) in [4.78, 5) is 14.5. The average Bonchev–Trinajstić information content (AvgIpc) is 3.26. The lowest BCUT2D eigenvalue weighted by molar-refractivity contribution is -0.117. The fraction of sp³-hybridized carbons (Fsp3) is 0.480. The normalized spacial score (nSPS) is 17.0. The zero-order valence-electron chi connectivity index (χ0n) is 17.9. The Hall–Kier alpha value is -2.37. The lowest BCUT2D eigenvalue weighted by Gasteiger charge is -2.30. The van der Waals surface area contributed by atoms with E-state index in [1.807, 2.05) is 6.07 Å². The van der Waals surface area contributed by atoms with E-state index in [0.717, 1.165) is 37.5 Å². The molecule has 0 atom stereocenters. The molecule has 2 aromatic rings. The van der Waals surface area contributed by atoms with Crippen molar-refractivity contribution in [2.24, 2.45) is 0 Å². The molecule has 1 aliphatic heterocycles. The van der Waals surface area contributed by atoms with Crippen molar-refractivity contribution in [2.75, 3.05) is 25.6 Å². The molecule has 5 heteroatoms. The van der Waals surface area contributed by atoms with Crippen molar-refractivity contribution >= 4 is 11.6 Å². The molecule has 1 fully saturated rings. The van der Waals surface area contributed by atoms with Crippen LogP contribution >= 0.6 is 0 Å². The van der Waals surface area contributed by atoms with Crippen molar-refractivity contribution in [1.82, 2.24) is 4.90 Å². The molecule has 0 unspecified atom stereocenters. The Morgan fingerprint density at radius 1 is 1.13 bits per heavy atom. The first-order chi connectivity index (χ1) is 14.7. The topological polar surface area (TPSA) is 50.8 Å². The zero-order valence-corrected chi connectivity index (χ0v) is 17.9. The van der Waals surface area contributed by atoms with Crippen LogP contribution in [0.3, 0.4) is 0 Å². The largest absolute Gasteiger partial charge is 0.490 e. The Morgan fingerprint density at radius 2 is 1.97 bits per heavy atom. The van der Waals surface area contributed by atoms with Crippen molar-refractivity contribution in [3.05, 3.63) is 59.2 Å². The van der Waals surface area contributed by atoms with Crippen LogP contribution in [0.1, 0.15) is 48.8 Å². The predicted octanol–water partition coefficient (Wildman–Crippen LogP) is 4.54. The molecule has 0 bridgehead atoms. The van der Waals surface area contributed by atoms with Crippen LogP contribution in [0.5, 0.6) is 5.75 Å². The molecule has 2 aliphatic rings. The second-order valence-electron chi connectivity index (χ2n) is 8.37. The molecule has 1 saturated carbocycles. The number of carbonyl (C=O) groups is 1. The van der Waals surface area contributed by atoms with E-state index in [4.69, 9.17) is 9.47 Å². The summed E-state index contributed by atoms with van der Waals surface area (Å²) in [6, 6.07) is 14.7. The molecular formula is C25H32N2O3. The Bertz CT molecular complexity index is 861. The summed E-state index contributed by atoms with van der Waals surface area (Å²) >= 11 is 0. The highest BCUT2D eigenvalue weighted by Crippen LogP contribution is 2.29. The maximum atomic E-state index is 12.0. The molecule has 0 aromatic heterocycles. The molecule has 0 saturated heterocycles. The fourth-order valence-electron chi connectivity index (χ4n) is 4.42. The third kappa shape index (κ3) is 5.41. The zero-order chi connectivity index (χ0) is 20.8. The molecule has 0 radical (unpaired) electrons. The van der Waals surface area contributed by atoms with E-state index in [-0.39, 0.29) is 5.91 Å². The van der Waals surface area contributed by atoms with Gasteiger partial charge in [-0.1, -0.05) is 24.3 Å². The van der Waals surface area contributed by atoms with E-state index < -0.39 is 0 Å². The minimum absolute atomic E-state index is 0.0116. The van der Waals surface area contributed by atoms with Crippen LogP contribution in [-0.4, -0.2) is 37.2 Å². The van der Waals surface area contributed by atoms with Crippen LogP contribution in [0.2, 0.25) is 0 Å². The number of benzene rings is 2. The molecular weight excluding hydrogens is 376 g/mol. The highest BCUT2D eigenvalue weighted by molar-refractivity contribution is 5.90. The summed E-state index contributed by atoms with van der Waals surface area (Å²) in [6.45, 7) is 3.23. The van der Waals surface area contributed by atoms with Gasteiger partial charge in [-0.15, -0.1) is 0 Å². The number of nitrogens with one attached hydrogen (secondary N) is 1. The first-order valence-corrected chi connectivity index (χ1v) is 11.1. The van der Waals surface area contributed by atoms with Gasteiger partial charge in [0.15, 0.2) is 0 Å². The van der Waals surface area contributed by atoms with E-state index in [0.29, 0.717) is 19.1 Å². The van der Waals surface area contributed by atoms with Crippen LogP contribution in [0, 0.1) is 0 Å². The number of ether oxygens (including phenoxy) is 2. The molecule has 160 valence electrons. The standard InChI is InChI=1S/C25H32N2O3/c1-29-15-13-25(28)26-22-11-10-19-12-14-27(18-21(19)16-22)17-20-6-2-5-9-24(20)30-23-7-3-4-8-23/h2,5-6,9-11,16,23H,3-4,7-8,12-15,17-18H2,1H3,(H,26,28). The number of rotatable bonds is 8. The molecule has 1 heterocycles. The Balaban J connectivity index is 1.40. The summed E-state index contributed by atoms with van der Waals surface area (Å²) in [5.74, 6) is 1.02. The summed E-state index contributed by atoms with van der Waals surface area (Å²) in [7, 11) is 1.61. The molecule has 4 rings (SSSR count). The molecule has 1 N–H and O–H groups in total. The van der Waals surface area contributed by atoms with Gasteiger partial charge >= 0.3 is 0 Å². The Labute approximate surface area is 179 Å². The number of anilines is 1. The molecule has 1 aliphatic carbocycles. The predicted molar refractivity (Wildman–Crippen MR) is 119 cm³/mol. The molecule has 1 amide bonds. The van der Waals surface area contributed by atoms with Crippen molar-refractivity contribution in [2.45, 2.75) is 57.7 Å². The number of para-hydroxylation sites is 1. The number of carbonyl (C=O) groups excluding carboxylic acids is 1. The van der Waals surface area contributed by atoms with Crippen molar-refractivity contribution in [3.8, 4) is 5.75 Å². The Morgan fingerprint density at radius 3 is 2.80 bits per heavy atom. The van der Waals surface area contributed by atoms with E-state index in [9.17, 15) is 4.79 Å². The van der Waals surface area contributed by atoms with E-state index in [1.165, 1.54) is 42.4 Å². The van der Waals surface area contributed by atoms with E-state index >= 15 is 0 Å². The van der Waals surface area contributed by atoms with Crippen LogP contribution in [0.4, 0.5) is 5.69 Å². The molecule has 30 heavy (non-hydrogen) atoms. The first-order valence-electron chi connectivity index (χ1n) is 11.1. The van der Waals surface area contributed by atoms with Gasteiger partial charge in [0.25, 0.3) is 0 Å².